The number of methoxy groups -OCH3 is 1. The third-order valence-corrected chi connectivity index (χ3v) is 2.08. The molecule has 0 aromatic heterocycles. The van der Waals surface area contributed by atoms with Gasteiger partial charge in [-0.3, -0.25) is 4.79 Å². The number of nitrogens with zero attached hydrogens (tertiary/aromatic N) is 1. The Balaban J connectivity index is 2.50. The molecule has 0 spiro atoms. The highest BCUT2D eigenvalue weighted by Crippen LogP contribution is 2.45. The van der Waals surface area contributed by atoms with E-state index < -0.39 is 5.41 Å². The summed E-state index contributed by atoms with van der Waals surface area (Å²) in [5.41, 5.74) is -0.630. The van der Waals surface area contributed by atoms with Crippen molar-refractivity contribution in [2.45, 2.75) is 12.8 Å². The van der Waals surface area contributed by atoms with Crippen LogP contribution in [-0.2, 0) is 9.53 Å². The third-order valence-electron chi connectivity index (χ3n) is 2.08. The average molecular weight is 152 g/mol. The van der Waals surface area contributed by atoms with Crippen molar-refractivity contribution < 1.29 is 9.53 Å². The van der Waals surface area contributed by atoms with E-state index in [4.69, 9.17) is 5.26 Å². The summed E-state index contributed by atoms with van der Waals surface area (Å²) in [5.74, 6) is -0.310. The fraction of sp³-hybridized carbons (Fsp3) is 0.625. The summed E-state index contributed by atoms with van der Waals surface area (Å²) in [4.78, 5) is 11.0. The molecule has 1 radical (unpaired) electrons. The Bertz CT molecular complexity index is 211. The third kappa shape index (κ3) is 1.21. The number of carbonyl (C=O) groups is 1. The number of hydrogen-bond acceptors (Lipinski definition) is 3. The second kappa shape index (κ2) is 2.54. The predicted octanol–water partition coefficient (Wildman–Crippen LogP) is 0.913. The van der Waals surface area contributed by atoms with Gasteiger partial charge in [0.05, 0.1) is 18.6 Å². The van der Waals surface area contributed by atoms with Gasteiger partial charge in [0.15, 0.2) is 0 Å². The highest BCUT2D eigenvalue weighted by Gasteiger charge is 2.47. The lowest BCUT2D eigenvalue weighted by Crippen LogP contribution is -2.41. The average Bonchev–Trinajstić information content (AvgIpc) is 1.96. The van der Waals surface area contributed by atoms with Gasteiger partial charge in [-0.05, 0) is 19.8 Å². The minimum absolute atomic E-state index is 0.00778. The van der Waals surface area contributed by atoms with E-state index in [9.17, 15) is 4.79 Å². The van der Waals surface area contributed by atoms with Crippen molar-refractivity contribution in [2.24, 2.45) is 11.3 Å². The lowest BCUT2D eigenvalue weighted by atomic mass is 9.64. The number of esters is 1. The van der Waals surface area contributed by atoms with Gasteiger partial charge in [-0.15, -0.1) is 0 Å². The van der Waals surface area contributed by atoms with E-state index in [0.717, 1.165) is 0 Å². The zero-order valence-electron chi connectivity index (χ0n) is 6.46. The molecule has 1 aliphatic rings. The van der Waals surface area contributed by atoms with Crippen LogP contribution in [-0.4, -0.2) is 13.1 Å². The maximum Gasteiger partial charge on any atom is 0.311 e. The van der Waals surface area contributed by atoms with Gasteiger partial charge in [-0.2, -0.15) is 5.26 Å². The van der Waals surface area contributed by atoms with Gasteiger partial charge in [0.2, 0.25) is 0 Å². The Morgan fingerprint density at radius 3 is 2.73 bits per heavy atom. The highest BCUT2D eigenvalue weighted by molar-refractivity contribution is 5.78. The summed E-state index contributed by atoms with van der Waals surface area (Å²) in [6.45, 7) is 3.72. The van der Waals surface area contributed by atoms with Crippen LogP contribution in [0.3, 0.4) is 0 Å². The quantitative estimate of drug-likeness (QED) is 0.525. The second-order valence-electron chi connectivity index (χ2n) is 3.01. The van der Waals surface area contributed by atoms with Gasteiger partial charge in [-0.1, -0.05) is 0 Å². The number of hydrogen-bond donors (Lipinski definition) is 0. The largest absolute Gasteiger partial charge is 0.469 e. The minimum Gasteiger partial charge on any atom is -0.469 e. The molecule has 1 saturated carbocycles. The molecule has 0 bridgehead atoms. The molecule has 0 unspecified atom stereocenters. The van der Waals surface area contributed by atoms with Crippen molar-refractivity contribution in [3.8, 4) is 6.07 Å². The normalized spacial score (nSPS) is 35.2. The topological polar surface area (TPSA) is 50.1 Å². The Labute approximate surface area is 66.0 Å². The van der Waals surface area contributed by atoms with Gasteiger partial charge in [0.25, 0.3) is 0 Å². The first-order valence-electron chi connectivity index (χ1n) is 3.46. The van der Waals surface area contributed by atoms with Crippen LogP contribution in [0.5, 0.6) is 0 Å². The number of ether oxygens (including phenoxy) is 1. The molecule has 1 rings (SSSR count). The predicted molar refractivity (Wildman–Crippen MR) is 38.1 cm³/mol. The van der Waals surface area contributed by atoms with Crippen molar-refractivity contribution in [3.63, 3.8) is 0 Å². The first kappa shape index (κ1) is 8.06. The molecule has 59 valence electrons. The van der Waals surface area contributed by atoms with Crippen LogP contribution >= 0.6 is 0 Å². The molecule has 3 nitrogen and oxygen atoms in total. The molecular weight excluding hydrogens is 142 g/mol. The van der Waals surface area contributed by atoms with Gasteiger partial charge < -0.3 is 4.74 Å². The van der Waals surface area contributed by atoms with Crippen LogP contribution in [0.25, 0.3) is 0 Å². The van der Waals surface area contributed by atoms with Crippen LogP contribution in [0.15, 0.2) is 0 Å². The molecule has 0 saturated heterocycles. The first-order chi connectivity index (χ1) is 5.12. The van der Waals surface area contributed by atoms with Gasteiger partial charge >= 0.3 is 5.97 Å². The molecule has 1 fully saturated rings. The van der Waals surface area contributed by atoms with Gasteiger partial charge in [-0.25, -0.2) is 0 Å². The van der Waals surface area contributed by atoms with E-state index in [-0.39, 0.29) is 11.9 Å². The summed E-state index contributed by atoms with van der Waals surface area (Å²) < 4.78 is 4.54. The van der Waals surface area contributed by atoms with Crippen molar-refractivity contribution in [3.05, 3.63) is 6.92 Å². The van der Waals surface area contributed by atoms with Crippen molar-refractivity contribution >= 4 is 5.97 Å². The maximum atomic E-state index is 11.0. The molecule has 0 heterocycles. The molecular formula is C8H10NO2. The summed E-state index contributed by atoms with van der Waals surface area (Å²) in [6.07, 6.45) is 1.08. The van der Waals surface area contributed by atoms with Gasteiger partial charge in [0, 0.05) is 5.92 Å². The van der Waals surface area contributed by atoms with Crippen molar-refractivity contribution in [1.82, 2.24) is 0 Å². The Morgan fingerprint density at radius 2 is 2.36 bits per heavy atom. The molecule has 3 heteroatoms. The van der Waals surface area contributed by atoms with Crippen LogP contribution in [0, 0.1) is 29.6 Å². The Hall–Kier alpha value is -1.04. The van der Waals surface area contributed by atoms with Crippen LogP contribution in [0.4, 0.5) is 0 Å². The van der Waals surface area contributed by atoms with Crippen molar-refractivity contribution in [2.75, 3.05) is 7.11 Å². The molecule has 0 N–H and O–H groups in total. The van der Waals surface area contributed by atoms with E-state index in [1.54, 1.807) is 0 Å². The molecule has 0 aliphatic heterocycles. The van der Waals surface area contributed by atoms with E-state index in [2.05, 4.69) is 17.7 Å². The first-order valence-corrected chi connectivity index (χ1v) is 3.46. The maximum absolute atomic E-state index is 11.0. The lowest BCUT2D eigenvalue weighted by molar-refractivity contribution is -0.156. The van der Waals surface area contributed by atoms with Gasteiger partial charge in [0.1, 0.15) is 0 Å². The SMILES string of the molecule is [CH2]C1(C(=O)OC)CC(C#N)C1. The monoisotopic (exact) mass is 152 g/mol. The Morgan fingerprint density at radius 1 is 1.82 bits per heavy atom. The Kier molecular flexibility index (Phi) is 1.86. The smallest absolute Gasteiger partial charge is 0.311 e. The molecule has 0 atom stereocenters. The summed E-state index contributed by atoms with van der Waals surface area (Å²) >= 11 is 0. The summed E-state index contributed by atoms with van der Waals surface area (Å²) in [6, 6.07) is 2.09. The second-order valence-corrected chi connectivity index (χ2v) is 3.01. The van der Waals surface area contributed by atoms with E-state index in [0.29, 0.717) is 12.8 Å². The molecule has 1 aliphatic carbocycles. The fourth-order valence-electron chi connectivity index (χ4n) is 1.36. The number of nitriles is 1. The minimum atomic E-state index is -0.630. The number of carbonyl (C=O) groups excluding carboxylic acids is 1. The van der Waals surface area contributed by atoms with Crippen LogP contribution in [0.2, 0.25) is 0 Å². The molecule has 0 amide bonds. The summed E-state index contributed by atoms with van der Waals surface area (Å²) in [7, 11) is 1.34. The van der Waals surface area contributed by atoms with E-state index in [1.807, 2.05) is 0 Å². The summed E-state index contributed by atoms with van der Waals surface area (Å²) in [5, 5.41) is 8.44. The van der Waals surface area contributed by atoms with Crippen LogP contribution < -0.4 is 0 Å². The number of rotatable bonds is 1. The fourth-order valence-corrected chi connectivity index (χ4v) is 1.36. The highest BCUT2D eigenvalue weighted by atomic mass is 16.5. The van der Waals surface area contributed by atoms with Crippen molar-refractivity contribution in [1.29, 1.82) is 5.26 Å². The van der Waals surface area contributed by atoms with Crippen LogP contribution in [0.1, 0.15) is 12.8 Å². The standard InChI is InChI=1S/C8H10NO2/c1-8(7(10)11-2)3-6(4-8)5-9/h6H,1,3-4H2,2H3. The molecule has 11 heavy (non-hydrogen) atoms. The zero-order valence-corrected chi connectivity index (χ0v) is 6.46. The zero-order chi connectivity index (χ0) is 8.48. The van der Waals surface area contributed by atoms with E-state index >= 15 is 0 Å². The lowest BCUT2D eigenvalue weighted by Gasteiger charge is -2.38. The van der Waals surface area contributed by atoms with E-state index in [1.165, 1.54) is 7.11 Å². The molecule has 0 aromatic carbocycles. The molecule has 0 aromatic rings.